The first-order valence-electron chi connectivity index (χ1n) is 5.92. The Labute approximate surface area is 117 Å². The summed E-state index contributed by atoms with van der Waals surface area (Å²) in [6, 6.07) is 1.60. The molecule has 0 amide bonds. The fraction of sp³-hybridized carbons (Fsp3) is 0.583. The van der Waals surface area contributed by atoms with Crippen molar-refractivity contribution in [3.8, 4) is 0 Å². The fourth-order valence-corrected chi connectivity index (χ4v) is 4.43. The summed E-state index contributed by atoms with van der Waals surface area (Å²) in [5, 5.41) is 0. The molecule has 4 nitrogen and oxygen atoms in total. The van der Waals surface area contributed by atoms with Gasteiger partial charge in [0.25, 0.3) is 0 Å². The monoisotopic (exact) mass is 332 g/mol. The van der Waals surface area contributed by atoms with Gasteiger partial charge in [0.05, 0.1) is 0 Å². The van der Waals surface area contributed by atoms with Crippen LogP contribution in [0.2, 0.25) is 0 Å². The summed E-state index contributed by atoms with van der Waals surface area (Å²) < 4.78 is 27.2. The zero-order valence-electron chi connectivity index (χ0n) is 10.6. The average molecular weight is 333 g/mol. The minimum Gasteiger partial charge on any atom is -0.262 e. The molecule has 0 radical (unpaired) electrons. The van der Waals surface area contributed by atoms with Crippen molar-refractivity contribution in [2.75, 3.05) is 13.1 Å². The molecule has 0 N–H and O–H groups in total. The van der Waals surface area contributed by atoms with E-state index in [1.165, 1.54) is 6.20 Å². The summed E-state index contributed by atoms with van der Waals surface area (Å²) >= 11 is 3.26. The van der Waals surface area contributed by atoms with Crippen molar-refractivity contribution < 1.29 is 8.42 Å². The van der Waals surface area contributed by atoms with Crippen LogP contribution < -0.4 is 0 Å². The maximum Gasteiger partial charge on any atom is 0.244 e. The van der Waals surface area contributed by atoms with Gasteiger partial charge >= 0.3 is 0 Å². The van der Waals surface area contributed by atoms with E-state index in [-0.39, 0.29) is 10.3 Å². The van der Waals surface area contributed by atoms with E-state index in [4.69, 9.17) is 0 Å². The number of hydrogen-bond acceptors (Lipinski definition) is 3. The molecule has 6 heteroatoms. The molecule has 1 aromatic rings. The number of piperidine rings is 1. The molecule has 1 fully saturated rings. The molecule has 0 bridgehead atoms. The molecular weight excluding hydrogens is 316 g/mol. The highest BCUT2D eigenvalue weighted by atomic mass is 79.9. The zero-order chi connectivity index (χ0) is 13.4. The van der Waals surface area contributed by atoms with E-state index in [0.29, 0.717) is 17.6 Å². The smallest absolute Gasteiger partial charge is 0.244 e. The van der Waals surface area contributed by atoms with Crippen molar-refractivity contribution in [3.63, 3.8) is 0 Å². The maximum absolute atomic E-state index is 12.5. The summed E-state index contributed by atoms with van der Waals surface area (Å²) in [5.41, 5.74) is 0.0464. The molecule has 18 heavy (non-hydrogen) atoms. The summed E-state index contributed by atoms with van der Waals surface area (Å²) in [5.74, 6) is 0. The van der Waals surface area contributed by atoms with Crippen LogP contribution in [0, 0.1) is 5.41 Å². The van der Waals surface area contributed by atoms with Crippen molar-refractivity contribution in [1.29, 1.82) is 0 Å². The predicted octanol–water partition coefficient (Wildman–Crippen LogP) is 2.65. The van der Waals surface area contributed by atoms with Gasteiger partial charge in [-0.3, -0.25) is 4.98 Å². The molecule has 1 aromatic heterocycles. The Morgan fingerprint density at radius 3 is 2.72 bits per heavy atom. The summed E-state index contributed by atoms with van der Waals surface area (Å²) in [6.45, 7) is 5.38. The Hall–Kier alpha value is -0.460. The van der Waals surface area contributed by atoms with Gasteiger partial charge < -0.3 is 0 Å². The Morgan fingerprint density at radius 2 is 2.11 bits per heavy atom. The number of sulfonamides is 1. The number of hydrogen-bond donors (Lipinski definition) is 0. The average Bonchev–Trinajstić information content (AvgIpc) is 2.27. The van der Waals surface area contributed by atoms with E-state index < -0.39 is 10.0 Å². The molecule has 0 atom stereocenters. The molecule has 2 rings (SSSR count). The van der Waals surface area contributed by atoms with Crippen LogP contribution in [0.15, 0.2) is 27.8 Å². The summed E-state index contributed by atoms with van der Waals surface area (Å²) in [4.78, 5) is 4.19. The van der Waals surface area contributed by atoms with E-state index in [1.807, 2.05) is 0 Å². The largest absolute Gasteiger partial charge is 0.262 e. The first kappa shape index (κ1) is 14.0. The lowest BCUT2D eigenvalue weighted by molar-refractivity contribution is 0.187. The third kappa shape index (κ3) is 2.92. The SMILES string of the molecule is CC1(C)CCCN(S(=O)(=O)c2cncc(Br)c2)C1. The fourth-order valence-electron chi connectivity index (χ4n) is 2.26. The maximum atomic E-state index is 12.5. The third-order valence-corrected chi connectivity index (χ3v) is 5.43. The highest BCUT2D eigenvalue weighted by Gasteiger charge is 2.34. The highest BCUT2D eigenvalue weighted by molar-refractivity contribution is 9.10. The molecule has 0 aromatic carbocycles. The Kier molecular flexibility index (Phi) is 3.80. The molecule has 1 aliphatic rings. The van der Waals surface area contributed by atoms with Crippen LogP contribution in [0.3, 0.4) is 0 Å². The molecule has 0 saturated carbocycles. The van der Waals surface area contributed by atoms with Crippen LogP contribution in [0.5, 0.6) is 0 Å². The van der Waals surface area contributed by atoms with E-state index in [1.54, 1.807) is 16.6 Å². The Morgan fingerprint density at radius 1 is 1.39 bits per heavy atom. The molecule has 100 valence electrons. The number of halogens is 1. The molecule has 1 aliphatic heterocycles. The standard InChI is InChI=1S/C12H17BrN2O2S/c1-12(2)4-3-5-15(9-12)18(16,17)11-6-10(13)7-14-8-11/h6-8H,3-5,9H2,1-2H3. The van der Waals surface area contributed by atoms with Crippen LogP contribution in [0.1, 0.15) is 26.7 Å². The quantitative estimate of drug-likeness (QED) is 0.836. The lowest BCUT2D eigenvalue weighted by Crippen LogP contribution is -2.43. The minimum atomic E-state index is -3.41. The number of nitrogens with zero attached hydrogens (tertiary/aromatic N) is 2. The van der Waals surface area contributed by atoms with Crippen molar-refractivity contribution in [2.45, 2.75) is 31.6 Å². The number of rotatable bonds is 2. The molecule has 0 spiro atoms. The second-order valence-corrected chi connectivity index (χ2v) is 8.30. The van der Waals surface area contributed by atoms with Crippen LogP contribution in [0.25, 0.3) is 0 Å². The van der Waals surface area contributed by atoms with Crippen LogP contribution >= 0.6 is 15.9 Å². The molecule has 1 saturated heterocycles. The second-order valence-electron chi connectivity index (χ2n) is 5.45. The number of pyridine rings is 1. The first-order valence-corrected chi connectivity index (χ1v) is 8.15. The van der Waals surface area contributed by atoms with E-state index >= 15 is 0 Å². The molecular formula is C12H17BrN2O2S. The van der Waals surface area contributed by atoms with Gasteiger partial charge in [-0.05, 0) is 40.3 Å². The van der Waals surface area contributed by atoms with Crippen LogP contribution in [-0.2, 0) is 10.0 Å². The van der Waals surface area contributed by atoms with Gasteiger partial charge in [0.1, 0.15) is 4.90 Å². The molecule has 0 aliphatic carbocycles. The third-order valence-electron chi connectivity index (χ3n) is 3.18. The summed E-state index contributed by atoms with van der Waals surface area (Å²) in [7, 11) is -3.41. The Balaban J connectivity index is 2.31. The lowest BCUT2D eigenvalue weighted by Gasteiger charge is -2.37. The predicted molar refractivity (Wildman–Crippen MR) is 73.7 cm³/mol. The lowest BCUT2D eigenvalue weighted by atomic mass is 9.85. The minimum absolute atomic E-state index is 0.0464. The van der Waals surface area contributed by atoms with Gasteiger partial charge in [-0.15, -0.1) is 0 Å². The van der Waals surface area contributed by atoms with Gasteiger partial charge in [-0.2, -0.15) is 4.31 Å². The van der Waals surface area contributed by atoms with Crippen LogP contribution in [-0.4, -0.2) is 30.8 Å². The first-order chi connectivity index (χ1) is 8.31. The van der Waals surface area contributed by atoms with Gasteiger partial charge in [-0.1, -0.05) is 13.8 Å². The van der Waals surface area contributed by atoms with Gasteiger partial charge in [0.15, 0.2) is 0 Å². The van der Waals surface area contributed by atoms with E-state index in [0.717, 1.165) is 12.8 Å². The second kappa shape index (κ2) is 4.90. The van der Waals surface area contributed by atoms with Gasteiger partial charge in [0, 0.05) is 30.0 Å². The van der Waals surface area contributed by atoms with E-state index in [9.17, 15) is 8.42 Å². The van der Waals surface area contributed by atoms with Crippen molar-refractivity contribution in [1.82, 2.24) is 9.29 Å². The van der Waals surface area contributed by atoms with Crippen molar-refractivity contribution in [3.05, 3.63) is 22.9 Å². The van der Waals surface area contributed by atoms with Crippen molar-refractivity contribution >= 4 is 26.0 Å². The number of aromatic nitrogens is 1. The zero-order valence-corrected chi connectivity index (χ0v) is 13.0. The molecule has 2 heterocycles. The van der Waals surface area contributed by atoms with Crippen molar-refractivity contribution in [2.24, 2.45) is 5.41 Å². The normalized spacial score (nSPS) is 20.8. The van der Waals surface area contributed by atoms with Gasteiger partial charge in [-0.25, -0.2) is 8.42 Å². The Bertz CT molecular complexity index is 543. The highest BCUT2D eigenvalue weighted by Crippen LogP contribution is 2.31. The summed E-state index contributed by atoms with van der Waals surface area (Å²) in [6.07, 6.45) is 4.96. The molecule has 0 unspecified atom stereocenters. The van der Waals surface area contributed by atoms with Gasteiger partial charge in [0.2, 0.25) is 10.0 Å². The van der Waals surface area contributed by atoms with Crippen LogP contribution in [0.4, 0.5) is 0 Å². The topological polar surface area (TPSA) is 50.3 Å². The van der Waals surface area contributed by atoms with E-state index in [2.05, 4.69) is 34.8 Å².